The molecule has 98 valence electrons. The quantitative estimate of drug-likeness (QED) is 0.810. The van der Waals surface area contributed by atoms with Gasteiger partial charge >= 0.3 is 18.3 Å². The third kappa shape index (κ3) is 3.65. The van der Waals surface area contributed by atoms with Crippen LogP contribution < -0.4 is 4.74 Å². The third-order valence-corrected chi connectivity index (χ3v) is 1.94. The van der Waals surface area contributed by atoms with Gasteiger partial charge in [0.2, 0.25) is 0 Å². The fourth-order valence-electron chi connectivity index (χ4n) is 1.25. The van der Waals surface area contributed by atoms with Crippen LogP contribution in [0.4, 0.5) is 13.2 Å². The van der Waals surface area contributed by atoms with Crippen LogP contribution in [-0.4, -0.2) is 28.5 Å². The van der Waals surface area contributed by atoms with E-state index in [0.717, 1.165) is 24.3 Å². The summed E-state index contributed by atoms with van der Waals surface area (Å²) in [5.41, 5.74) is -0.149. The van der Waals surface area contributed by atoms with Crippen LogP contribution in [0, 0.1) is 0 Å². The van der Waals surface area contributed by atoms with Crippen LogP contribution in [0.5, 0.6) is 5.75 Å². The van der Waals surface area contributed by atoms with Crippen LogP contribution >= 0.6 is 0 Å². The number of carboxylic acid groups (broad SMARTS) is 2. The molecule has 0 amide bonds. The SMILES string of the molecule is O=C(O)C(C(=O)O)c1ccc(OC(F)(F)F)cc1. The molecule has 1 aromatic rings. The number of alkyl halides is 3. The standard InChI is InChI=1S/C10H7F3O5/c11-10(12,13)18-6-3-1-5(2-4-6)7(8(14)15)9(16)17/h1-4,7H,(H,14,15)(H,16,17). The highest BCUT2D eigenvalue weighted by atomic mass is 19.4. The fourth-order valence-corrected chi connectivity index (χ4v) is 1.25. The van der Waals surface area contributed by atoms with Crippen molar-refractivity contribution in [2.75, 3.05) is 0 Å². The maximum atomic E-state index is 11.8. The molecule has 0 unspecified atom stereocenters. The number of hydrogen-bond acceptors (Lipinski definition) is 3. The Hall–Kier alpha value is -2.25. The summed E-state index contributed by atoms with van der Waals surface area (Å²) in [6.07, 6.45) is -4.86. The Labute approximate surface area is 98.4 Å². The number of hydrogen-bond donors (Lipinski definition) is 2. The largest absolute Gasteiger partial charge is 0.573 e. The Morgan fingerprint density at radius 1 is 1.06 bits per heavy atom. The summed E-state index contributed by atoms with van der Waals surface area (Å²) in [6.45, 7) is 0. The number of carbonyl (C=O) groups is 2. The van der Waals surface area contributed by atoms with Gasteiger partial charge < -0.3 is 14.9 Å². The van der Waals surface area contributed by atoms with Crippen molar-refractivity contribution < 1.29 is 37.7 Å². The molecule has 0 spiro atoms. The molecule has 0 atom stereocenters. The predicted molar refractivity (Wildman–Crippen MR) is 51.1 cm³/mol. The van der Waals surface area contributed by atoms with E-state index >= 15 is 0 Å². The van der Waals surface area contributed by atoms with E-state index in [2.05, 4.69) is 4.74 Å². The Morgan fingerprint density at radius 3 is 1.83 bits per heavy atom. The van der Waals surface area contributed by atoms with E-state index in [9.17, 15) is 22.8 Å². The summed E-state index contributed by atoms with van der Waals surface area (Å²) in [4.78, 5) is 21.3. The maximum Gasteiger partial charge on any atom is 0.573 e. The lowest BCUT2D eigenvalue weighted by Crippen LogP contribution is -2.21. The van der Waals surface area contributed by atoms with Crippen molar-refractivity contribution in [3.05, 3.63) is 29.8 Å². The van der Waals surface area contributed by atoms with E-state index in [1.54, 1.807) is 0 Å². The summed E-state index contributed by atoms with van der Waals surface area (Å²) in [7, 11) is 0. The van der Waals surface area contributed by atoms with Crippen LogP contribution in [0.2, 0.25) is 0 Å². The number of halogens is 3. The molecule has 0 aromatic heterocycles. The average Bonchev–Trinajstić information content (AvgIpc) is 2.17. The molecule has 0 aliphatic rings. The summed E-state index contributed by atoms with van der Waals surface area (Å²) in [5.74, 6) is -5.59. The minimum atomic E-state index is -4.86. The first-order valence-corrected chi connectivity index (χ1v) is 4.52. The van der Waals surface area contributed by atoms with Gasteiger partial charge in [0, 0.05) is 0 Å². The zero-order chi connectivity index (χ0) is 13.9. The Kier molecular flexibility index (Phi) is 3.79. The highest BCUT2D eigenvalue weighted by Gasteiger charge is 2.32. The van der Waals surface area contributed by atoms with E-state index in [1.807, 2.05) is 0 Å². The molecule has 8 heteroatoms. The zero-order valence-corrected chi connectivity index (χ0v) is 8.64. The molecule has 0 aliphatic carbocycles. The molecule has 0 aliphatic heterocycles. The monoisotopic (exact) mass is 264 g/mol. The highest BCUT2D eigenvalue weighted by Crippen LogP contribution is 2.25. The van der Waals surface area contributed by atoms with Crippen LogP contribution in [0.3, 0.4) is 0 Å². The van der Waals surface area contributed by atoms with Crippen molar-refractivity contribution in [1.82, 2.24) is 0 Å². The van der Waals surface area contributed by atoms with Gasteiger partial charge in [-0.25, -0.2) is 0 Å². The van der Waals surface area contributed by atoms with Crippen LogP contribution in [0.15, 0.2) is 24.3 Å². The van der Waals surface area contributed by atoms with Crippen LogP contribution in [0.25, 0.3) is 0 Å². The van der Waals surface area contributed by atoms with Crippen LogP contribution in [-0.2, 0) is 9.59 Å². The van der Waals surface area contributed by atoms with Crippen molar-refractivity contribution in [2.24, 2.45) is 0 Å². The van der Waals surface area contributed by atoms with Crippen molar-refractivity contribution in [1.29, 1.82) is 0 Å². The minimum Gasteiger partial charge on any atom is -0.480 e. The molecule has 0 radical (unpaired) electrons. The number of rotatable bonds is 4. The number of aliphatic carboxylic acids is 2. The van der Waals surface area contributed by atoms with E-state index in [-0.39, 0.29) is 5.56 Å². The second-order valence-corrected chi connectivity index (χ2v) is 3.23. The molecule has 0 saturated heterocycles. The molecule has 18 heavy (non-hydrogen) atoms. The average molecular weight is 264 g/mol. The summed E-state index contributed by atoms with van der Waals surface area (Å²) >= 11 is 0. The minimum absolute atomic E-state index is 0.149. The number of carboxylic acids is 2. The first kappa shape index (κ1) is 13.8. The van der Waals surface area contributed by atoms with Gasteiger partial charge in [0.05, 0.1) is 0 Å². The number of benzene rings is 1. The fraction of sp³-hybridized carbons (Fsp3) is 0.200. The molecule has 2 N–H and O–H groups in total. The van der Waals surface area contributed by atoms with E-state index in [0.29, 0.717) is 0 Å². The normalized spacial score (nSPS) is 11.3. The molecule has 1 aromatic carbocycles. The highest BCUT2D eigenvalue weighted by molar-refractivity contribution is 5.98. The second-order valence-electron chi connectivity index (χ2n) is 3.23. The van der Waals surface area contributed by atoms with Crippen molar-refractivity contribution in [3.8, 4) is 5.75 Å². The lowest BCUT2D eigenvalue weighted by Gasteiger charge is -2.11. The Morgan fingerprint density at radius 2 is 1.50 bits per heavy atom. The van der Waals surface area contributed by atoms with Gasteiger partial charge in [-0.2, -0.15) is 0 Å². The first-order chi connectivity index (χ1) is 8.20. The van der Waals surface area contributed by atoms with Crippen molar-refractivity contribution in [3.63, 3.8) is 0 Å². The van der Waals surface area contributed by atoms with Crippen LogP contribution in [0.1, 0.15) is 11.5 Å². The lowest BCUT2D eigenvalue weighted by atomic mass is 9.99. The third-order valence-electron chi connectivity index (χ3n) is 1.94. The predicted octanol–water partition coefficient (Wildman–Crippen LogP) is 1.84. The van der Waals surface area contributed by atoms with Gasteiger partial charge in [-0.3, -0.25) is 9.59 Å². The molecule has 5 nitrogen and oxygen atoms in total. The van der Waals surface area contributed by atoms with E-state index in [1.165, 1.54) is 0 Å². The van der Waals surface area contributed by atoms with Gasteiger partial charge in [0.1, 0.15) is 5.75 Å². The molecule has 0 heterocycles. The second kappa shape index (κ2) is 4.94. The van der Waals surface area contributed by atoms with Crippen molar-refractivity contribution >= 4 is 11.9 Å². The van der Waals surface area contributed by atoms with Gasteiger partial charge in [-0.1, -0.05) is 12.1 Å². The molecular weight excluding hydrogens is 257 g/mol. The molecule has 0 saturated carbocycles. The summed E-state index contributed by atoms with van der Waals surface area (Å²) < 4.78 is 39.1. The smallest absolute Gasteiger partial charge is 0.480 e. The van der Waals surface area contributed by atoms with E-state index in [4.69, 9.17) is 10.2 Å². The maximum absolute atomic E-state index is 11.8. The molecular formula is C10H7F3O5. The Balaban J connectivity index is 2.94. The molecule has 1 rings (SSSR count). The van der Waals surface area contributed by atoms with Gasteiger partial charge in [-0.15, -0.1) is 13.2 Å². The number of ether oxygens (including phenoxy) is 1. The van der Waals surface area contributed by atoms with Gasteiger partial charge in [0.15, 0.2) is 5.92 Å². The first-order valence-electron chi connectivity index (χ1n) is 4.52. The van der Waals surface area contributed by atoms with Gasteiger partial charge in [0.25, 0.3) is 0 Å². The van der Waals surface area contributed by atoms with Crippen molar-refractivity contribution in [2.45, 2.75) is 12.3 Å². The molecule has 0 fully saturated rings. The Bertz CT molecular complexity index is 438. The van der Waals surface area contributed by atoms with Gasteiger partial charge in [-0.05, 0) is 17.7 Å². The zero-order valence-electron chi connectivity index (χ0n) is 8.64. The summed E-state index contributed by atoms with van der Waals surface area (Å²) in [5, 5.41) is 17.3. The van der Waals surface area contributed by atoms with E-state index < -0.39 is 30.0 Å². The lowest BCUT2D eigenvalue weighted by molar-refractivity contribution is -0.274. The summed E-state index contributed by atoms with van der Waals surface area (Å²) in [6, 6.07) is 3.60. The molecule has 0 bridgehead atoms. The topological polar surface area (TPSA) is 83.8 Å².